The largest absolute Gasteiger partial charge is 0.462 e. The third-order valence-electron chi connectivity index (χ3n) is 2.59. The van der Waals surface area contributed by atoms with Crippen LogP contribution in [-0.4, -0.2) is 28.3 Å². The molecule has 1 aromatic heterocycles. The van der Waals surface area contributed by atoms with Gasteiger partial charge in [0.25, 0.3) is 0 Å². The minimum Gasteiger partial charge on any atom is -0.462 e. The van der Waals surface area contributed by atoms with E-state index in [2.05, 4.69) is 9.97 Å². The number of imidazole rings is 1. The first-order valence-electron chi connectivity index (χ1n) is 6.19. The quantitative estimate of drug-likeness (QED) is 0.514. The first-order valence-corrected chi connectivity index (χ1v) is 6.19. The summed E-state index contributed by atoms with van der Waals surface area (Å²) in [7, 11) is 0. The molecule has 5 nitrogen and oxygen atoms in total. The number of aromatic nitrogens is 2. The normalized spacial score (nSPS) is 10.7. The van der Waals surface area contributed by atoms with Crippen molar-refractivity contribution in [2.24, 2.45) is 0 Å². The highest BCUT2D eigenvalue weighted by atomic mass is 16.5. The van der Waals surface area contributed by atoms with E-state index in [1.165, 1.54) is 6.08 Å². The summed E-state index contributed by atoms with van der Waals surface area (Å²) in [5, 5.41) is 0. The van der Waals surface area contributed by atoms with Crippen molar-refractivity contribution in [1.82, 2.24) is 9.97 Å². The van der Waals surface area contributed by atoms with E-state index in [-0.39, 0.29) is 5.78 Å². The van der Waals surface area contributed by atoms with Gasteiger partial charge in [-0.2, -0.15) is 0 Å². The van der Waals surface area contributed by atoms with Crippen LogP contribution in [0.25, 0.3) is 6.08 Å². The molecule has 0 saturated carbocycles. The highest BCUT2D eigenvalue weighted by molar-refractivity contribution is 6.07. The number of nitrogens with zero attached hydrogens (tertiary/aromatic N) is 1. The Bertz CT molecular complexity index is 613. The zero-order valence-electron chi connectivity index (χ0n) is 11.0. The Kier molecular flexibility index (Phi) is 4.44. The van der Waals surface area contributed by atoms with Crippen LogP contribution in [0.3, 0.4) is 0 Å². The van der Waals surface area contributed by atoms with Crippen LogP contribution in [0.5, 0.6) is 0 Å². The molecule has 0 atom stereocenters. The van der Waals surface area contributed by atoms with E-state index < -0.39 is 5.97 Å². The number of H-pyrrole nitrogens is 1. The first kappa shape index (κ1) is 13.7. The van der Waals surface area contributed by atoms with Gasteiger partial charge in [0, 0.05) is 18.0 Å². The number of benzene rings is 1. The molecule has 2 aromatic rings. The van der Waals surface area contributed by atoms with Gasteiger partial charge in [0.2, 0.25) is 0 Å². The molecule has 0 aliphatic carbocycles. The SMILES string of the molecule is CCOC(=O)c1ccc(C(=O)/C=C/c2ncc[nH]2)cc1. The van der Waals surface area contributed by atoms with Crippen molar-refractivity contribution in [2.45, 2.75) is 6.92 Å². The topological polar surface area (TPSA) is 72.1 Å². The number of aromatic amines is 1. The molecule has 102 valence electrons. The number of ether oxygens (including phenoxy) is 1. The molecule has 0 aliphatic rings. The fourth-order valence-electron chi connectivity index (χ4n) is 1.60. The number of nitrogens with one attached hydrogen (secondary N) is 1. The summed E-state index contributed by atoms with van der Waals surface area (Å²) in [4.78, 5) is 30.2. The van der Waals surface area contributed by atoms with Gasteiger partial charge >= 0.3 is 5.97 Å². The van der Waals surface area contributed by atoms with E-state index in [0.717, 1.165) is 0 Å². The maximum absolute atomic E-state index is 11.9. The van der Waals surface area contributed by atoms with Crippen molar-refractivity contribution >= 4 is 17.8 Å². The molecule has 0 unspecified atom stereocenters. The second-order valence-electron chi connectivity index (χ2n) is 3.97. The van der Waals surface area contributed by atoms with E-state index in [4.69, 9.17) is 4.74 Å². The second kappa shape index (κ2) is 6.47. The number of allylic oxidation sites excluding steroid dienone is 1. The Labute approximate surface area is 116 Å². The van der Waals surface area contributed by atoms with Gasteiger partial charge in [-0.15, -0.1) is 0 Å². The molecule has 20 heavy (non-hydrogen) atoms. The molecular formula is C15H14N2O3. The zero-order valence-corrected chi connectivity index (χ0v) is 11.0. The Morgan fingerprint density at radius 3 is 2.55 bits per heavy atom. The predicted molar refractivity (Wildman–Crippen MR) is 74.4 cm³/mol. The van der Waals surface area contributed by atoms with Gasteiger partial charge in [-0.1, -0.05) is 12.1 Å². The van der Waals surface area contributed by atoms with Crippen molar-refractivity contribution in [2.75, 3.05) is 6.61 Å². The molecule has 5 heteroatoms. The molecule has 0 fully saturated rings. The molecule has 0 spiro atoms. The number of carbonyl (C=O) groups is 2. The predicted octanol–water partition coefficient (Wildman–Crippen LogP) is 2.48. The summed E-state index contributed by atoms with van der Waals surface area (Å²) in [6, 6.07) is 6.35. The number of rotatable bonds is 5. The van der Waals surface area contributed by atoms with Crippen LogP contribution in [0.2, 0.25) is 0 Å². The number of carbonyl (C=O) groups excluding carboxylic acids is 2. The summed E-state index contributed by atoms with van der Waals surface area (Å²) in [6.07, 6.45) is 6.32. The van der Waals surface area contributed by atoms with Crippen LogP contribution in [0.15, 0.2) is 42.7 Å². The summed E-state index contributed by atoms with van der Waals surface area (Å²) in [6.45, 7) is 2.07. The van der Waals surface area contributed by atoms with Gasteiger partial charge in [-0.3, -0.25) is 4.79 Å². The highest BCUT2D eigenvalue weighted by Gasteiger charge is 2.07. The summed E-state index contributed by atoms with van der Waals surface area (Å²) >= 11 is 0. The average molecular weight is 270 g/mol. The van der Waals surface area contributed by atoms with Crippen LogP contribution in [0.1, 0.15) is 33.5 Å². The van der Waals surface area contributed by atoms with Crippen molar-refractivity contribution < 1.29 is 14.3 Å². The monoisotopic (exact) mass is 270 g/mol. The zero-order chi connectivity index (χ0) is 14.4. The van der Waals surface area contributed by atoms with Crippen molar-refractivity contribution in [3.05, 3.63) is 59.7 Å². The van der Waals surface area contributed by atoms with Gasteiger partial charge in [-0.05, 0) is 31.2 Å². The molecule has 0 amide bonds. The van der Waals surface area contributed by atoms with Crippen molar-refractivity contribution in [3.8, 4) is 0 Å². The molecule has 0 saturated heterocycles. The lowest BCUT2D eigenvalue weighted by atomic mass is 10.1. The summed E-state index contributed by atoms with van der Waals surface area (Å²) < 4.78 is 4.87. The number of ketones is 1. The van der Waals surface area contributed by atoms with Crippen LogP contribution >= 0.6 is 0 Å². The first-order chi connectivity index (χ1) is 9.70. The Morgan fingerprint density at radius 1 is 1.25 bits per heavy atom. The maximum Gasteiger partial charge on any atom is 0.338 e. The number of hydrogen-bond donors (Lipinski definition) is 1. The van der Waals surface area contributed by atoms with Gasteiger partial charge in [0.1, 0.15) is 5.82 Å². The standard InChI is InChI=1S/C15H14N2O3/c1-2-20-15(19)12-5-3-11(4-6-12)13(18)7-8-14-16-9-10-17-14/h3-10H,2H2,1H3,(H,16,17)/b8-7+. The van der Waals surface area contributed by atoms with Gasteiger partial charge < -0.3 is 9.72 Å². The smallest absolute Gasteiger partial charge is 0.338 e. The fourth-order valence-corrected chi connectivity index (χ4v) is 1.60. The summed E-state index contributed by atoms with van der Waals surface area (Å²) in [5.74, 6) is 0.0657. The van der Waals surface area contributed by atoms with Crippen LogP contribution < -0.4 is 0 Å². The number of esters is 1. The van der Waals surface area contributed by atoms with E-state index in [1.54, 1.807) is 49.7 Å². The van der Waals surface area contributed by atoms with Gasteiger partial charge in [0.15, 0.2) is 5.78 Å². The molecule has 1 aromatic carbocycles. The molecule has 2 rings (SSSR count). The lowest BCUT2D eigenvalue weighted by Gasteiger charge is -2.02. The van der Waals surface area contributed by atoms with E-state index in [0.29, 0.717) is 23.6 Å². The molecule has 0 bridgehead atoms. The Balaban J connectivity index is 2.06. The van der Waals surface area contributed by atoms with E-state index >= 15 is 0 Å². The molecular weight excluding hydrogens is 256 g/mol. The van der Waals surface area contributed by atoms with Crippen LogP contribution in [0, 0.1) is 0 Å². The van der Waals surface area contributed by atoms with Crippen molar-refractivity contribution in [1.29, 1.82) is 0 Å². The lowest BCUT2D eigenvalue weighted by Crippen LogP contribution is -2.05. The molecule has 0 aliphatic heterocycles. The maximum atomic E-state index is 11.9. The fraction of sp³-hybridized carbons (Fsp3) is 0.133. The highest BCUT2D eigenvalue weighted by Crippen LogP contribution is 2.08. The van der Waals surface area contributed by atoms with Crippen LogP contribution in [0.4, 0.5) is 0 Å². The van der Waals surface area contributed by atoms with Crippen molar-refractivity contribution in [3.63, 3.8) is 0 Å². The Hall–Kier alpha value is -2.69. The minimum atomic E-state index is -0.391. The molecule has 0 radical (unpaired) electrons. The van der Waals surface area contributed by atoms with E-state index in [1.807, 2.05) is 0 Å². The lowest BCUT2D eigenvalue weighted by molar-refractivity contribution is 0.0526. The Morgan fingerprint density at radius 2 is 1.95 bits per heavy atom. The minimum absolute atomic E-state index is 0.156. The van der Waals surface area contributed by atoms with Gasteiger partial charge in [-0.25, -0.2) is 9.78 Å². The van der Waals surface area contributed by atoms with Gasteiger partial charge in [0.05, 0.1) is 12.2 Å². The third kappa shape index (κ3) is 3.41. The second-order valence-corrected chi connectivity index (χ2v) is 3.97. The third-order valence-corrected chi connectivity index (χ3v) is 2.59. The summed E-state index contributed by atoms with van der Waals surface area (Å²) in [5.41, 5.74) is 0.930. The van der Waals surface area contributed by atoms with E-state index in [9.17, 15) is 9.59 Å². The average Bonchev–Trinajstić information content (AvgIpc) is 2.98. The number of hydrogen-bond acceptors (Lipinski definition) is 4. The molecule has 1 heterocycles. The van der Waals surface area contributed by atoms with Crippen LogP contribution in [-0.2, 0) is 4.74 Å². The molecule has 1 N–H and O–H groups in total.